The third-order valence-corrected chi connectivity index (χ3v) is 4.70. The number of carbonyl (C=O) groups is 1. The molecule has 2 aromatic carbocycles. The number of amides is 1. The molecule has 4 heteroatoms. The van der Waals surface area contributed by atoms with Gasteiger partial charge in [0.15, 0.2) is 6.10 Å². The zero-order chi connectivity index (χ0) is 20.0. The van der Waals surface area contributed by atoms with Gasteiger partial charge < -0.3 is 14.8 Å². The Balaban J connectivity index is 2.07. The second-order valence-corrected chi connectivity index (χ2v) is 7.47. The molecule has 0 aromatic heterocycles. The number of nitrogens with one attached hydrogen (secondary N) is 1. The van der Waals surface area contributed by atoms with Gasteiger partial charge >= 0.3 is 0 Å². The second-order valence-electron chi connectivity index (χ2n) is 7.47. The van der Waals surface area contributed by atoms with E-state index in [0.717, 1.165) is 23.3 Å². The first-order chi connectivity index (χ1) is 12.8. The van der Waals surface area contributed by atoms with E-state index in [9.17, 15) is 4.79 Å². The molecule has 1 N–H and O–H groups in total. The Labute approximate surface area is 162 Å². The average Bonchev–Trinajstić information content (AvgIpc) is 2.63. The van der Waals surface area contributed by atoms with Crippen molar-refractivity contribution in [2.45, 2.75) is 53.2 Å². The molecule has 0 saturated heterocycles. The molecule has 27 heavy (non-hydrogen) atoms. The van der Waals surface area contributed by atoms with Crippen LogP contribution in [-0.4, -0.2) is 19.1 Å². The molecule has 2 unspecified atom stereocenters. The number of carbonyl (C=O) groups excluding carboxylic acids is 1. The predicted octanol–water partition coefficient (Wildman–Crippen LogP) is 4.98. The first-order valence-electron chi connectivity index (χ1n) is 9.48. The summed E-state index contributed by atoms with van der Waals surface area (Å²) in [6.45, 7) is 10.2. The summed E-state index contributed by atoms with van der Waals surface area (Å²) in [5, 5.41) is 3.14. The van der Waals surface area contributed by atoms with Gasteiger partial charge in [0.1, 0.15) is 11.5 Å². The van der Waals surface area contributed by atoms with Crippen LogP contribution in [0.2, 0.25) is 0 Å². The molecular formula is C23H31NO3. The minimum absolute atomic E-state index is 0.0609. The molecule has 4 nitrogen and oxygen atoms in total. The fraction of sp³-hybridized carbons (Fsp3) is 0.435. The van der Waals surface area contributed by atoms with Crippen molar-refractivity contribution in [2.75, 3.05) is 7.11 Å². The number of ether oxygens (including phenoxy) is 2. The van der Waals surface area contributed by atoms with Crippen molar-refractivity contribution in [3.8, 4) is 11.5 Å². The number of hydrogen-bond donors (Lipinski definition) is 1. The average molecular weight is 370 g/mol. The molecule has 2 rings (SSSR count). The zero-order valence-electron chi connectivity index (χ0n) is 17.2. The fourth-order valence-corrected chi connectivity index (χ4v) is 2.92. The van der Waals surface area contributed by atoms with Gasteiger partial charge in [0.05, 0.1) is 13.2 Å². The van der Waals surface area contributed by atoms with Crippen molar-refractivity contribution in [3.05, 3.63) is 59.2 Å². The van der Waals surface area contributed by atoms with Crippen molar-refractivity contribution < 1.29 is 14.3 Å². The van der Waals surface area contributed by atoms with Gasteiger partial charge in [-0.2, -0.15) is 0 Å². The molecule has 1 amide bonds. The molecule has 0 radical (unpaired) electrons. The van der Waals surface area contributed by atoms with Crippen molar-refractivity contribution in [1.82, 2.24) is 5.32 Å². The molecule has 0 fully saturated rings. The van der Waals surface area contributed by atoms with Crippen LogP contribution in [0.15, 0.2) is 42.5 Å². The summed E-state index contributed by atoms with van der Waals surface area (Å²) in [6, 6.07) is 13.7. The minimum Gasteiger partial charge on any atom is -0.497 e. The van der Waals surface area contributed by atoms with Crippen LogP contribution in [0.5, 0.6) is 11.5 Å². The van der Waals surface area contributed by atoms with Gasteiger partial charge in [0.25, 0.3) is 5.91 Å². The summed E-state index contributed by atoms with van der Waals surface area (Å²) in [7, 11) is 1.65. The number of methoxy groups -OCH3 is 1. The lowest BCUT2D eigenvalue weighted by atomic mass is 9.96. The van der Waals surface area contributed by atoms with Crippen molar-refractivity contribution >= 4 is 5.91 Å². The Hall–Kier alpha value is -2.49. The summed E-state index contributed by atoms with van der Waals surface area (Å²) in [5.74, 6) is 1.86. The topological polar surface area (TPSA) is 47.6 Å². The third kappa shape index (κ3) is 6.02. The predicted molar refractivity (Wildman–Crippen MR) is 109 cm³/mol. The van der Waals surface area contributed by atoms with E-state index < -0.39 is 6.10 Å². The maximum atomic E-state index is 12.7. The van der Waals surface area contributed by atoms with E-state index in [4.69, 9.17) is 9.47 Å². The molecule has 2 aromatic rings. The summed E-state index contributed by atoms with van der Waals surface area (Å²) in [6.07, 6.45) is 0.286. The second kappa shape index (κ2) is 9.45. The number of aryl methyl sites for hydroxylation is 2. The maximum absolute atomic E-state index is 12.7. The highest BCUT2D eigenvalue weighted by atomic mass is 16.5. The highest BCUT2D eigenvalue weighted by Crippen LogP contribution is 2.24. The molecule has 0 aliphatic carbocycles. The van der Waals surface area contributed by atoms with Gasteiger partial charge in [-0.1, -0.05) is 32.0 Å². The Morgan fingerprint density at radius 3 is 2.15 bits per heavy atom. The largest absolute Gasteiger partial charge is 0.497 e. The van der Waals surface area contributed by atoms with Gasteiger partial charge in [-0.3, -0.25) is 4.79 Å². The van der Waals surface area contributed by atoms with Crippen LogP contribution in [0.25, 0.3) is 0 Å². The van der Waals surface area contributed by atoms with Gasteiger partial charge in [-0.05, 0) is 74.1 Å². The van der Waals surface area contributed by atoms with E-state index in [1.165, 1.54) is 5.56 Å². The highest BCUT2D eigenvalue weighted by Gasteiger charge is 2.21. The van der Waals surface area contributed by atoms with Crippen LogP contribution < -0.4 is 14.8 Å². The van der Waals surface area contributed by atoms with Crippen LogP contribution in [0.4, 0.5) is 0 Å². The first kappa shape index (κ1) is 20.8. The van der Waals surface area contributed by atoms with Gasteiger partial charge in [-0.25, -0.2) is 0 Å². The summed E-state index contributed by atoms with van der Waals surface area (Å²) in [5.41, 5.74) is 3.42. The van der Waals surface area contributed by atoms with Crippen LogP contribution in [0.1, 0.15) is 49.9 Å². The van der Waals surface area contributed by atoms with E-state index in [2.05, 4.69) is 26.1 Å². The molecule has 2 atom stereocenters. The smallest absolute Gasteiger partial charge is 0.261 e. The summed E-state index contributed by atoms with van der Waals surface area (Å²) in [4.78, 5) is 12.7. The van der Waals surface area contributed by atoms with Crippen molar-refractivity contribution in [2.24, 2.45) is 5.92 Å². The SMILES string of the molecule is COc1ccc(C(CC(C)C)NC(=O)C(C)Oc2ccc(C)c(C)c2)cc1. The summed E-state index contributed by atoms with van der Waals surface area (Å²) >= 11 is 0. The quantitative estimate of drug-likeness (QED) is 0.714. The Bertz CT molecular complexity index is 753. The standard InChI is InChI=1S/C23H31NO3/c1-15(2)13-22(19-8-11-20(26-6)12-9-19)24-23(25)18(5)27-21-10-7-16(3)17(4)14-21/h7-12,14-15,18,22H,13H2,1-6H3,(H,24,25). The summed E-state index contributed by atoms with van der Waals surface area (Å²) < 4.78 is 11.1. The molecule has 0 spiro atoms. The number of hydrogen-bond acceptors (Lipinski definition) is 3. The first-order valence-corrected chi connectivity index (χ1v) is 9.48. The Morgan fingerprint density at radius 2 is 1.59 bits per heavy atom. The van der Waals surface area contributed by atoms with E-state index in [-0.39, 0.29) is 11.9 Å². The van der Waals surface area contributed by atoms with Crippen LogP contribution in [-0.2, 0) is 4.79 Å². The minimum atomic E-state index is -0.569. The van der Waals surface area contributed by atoms with Gasteiger partial charge in [-0.15, -0.1) is 0 Å². The monoisotopic (exact) mass is 369 g/mol. The van der Waals surface area contributed by atoms with E-state index in [1.54, 1.807) is 14.0 Å². The number of rotatable bonds is 8. The Morgan fingerprint density at radius 1 is 0.963 bits per heavy atom. The molecule has 146 valence electrons. The van der Waals surface area contributed by atoms with Crippen LogP contribution in [0, 0.1) is 19.8 Å². The molecule has 0 bridgehead atoms. The van der Waals surface area contributed by atoms with E-state index >= 15 is 0 Å². The van der Waals surface area contributed by atoms with E-state index in [0.29, 0.717) is 11.7 Å². The van der Waals surface area contributed by atoms with Crippen LogP contribution in [0.3, 0.4) is 0 Å². The fourth-order valence-electron chi connectivity index (χ4n) is 2.92. The number of benzene rings is 2. The third-order valence-electron chi connectivity index (χ3n) is 4.70. The molecule has 0 aliphatic rings. The molecule has 0 aliphatic heterocycles. The molecular weight excluding hydrogens is 338 g/mol. The highest BCUT2D eigenvalue weighted by molar-refractivity contribution is 5.81. The van der Waals surface area contributed by atoms with E-state index in [1.807, 2.05) is 49.4 Å². The lowest BCUT2D eigenvalue weighted by Crippen LogP contribution is -2.39. The van der Waals surface area contributed by atoms with Crippen molar-refractivity contribution in [3.63, 3.8) is 0 Å². The molecule has 0 saturated carbocycles. The lowest BCUT2D eigenvalue weighted by molar-refractivity contribution is -0.128. The van der Waals surface area contributed by atoms with Crippen LogP contribution >= 0.6 is 0 Å². The van der Waals surface area contributed by atoms with Gasteiger partial charge in [0, 0.05) is 0 Å². The zero-order valence-corrected chi connectivity index (χ0v) is 17.2. The Kier molecular flexibility index (Phi) is 7.28. The normalized spacial score (nSPS) is 13.1. The molecule has 0 heterocycles. The van der Waals surface area contributed by atoms with Gasteiger partial charge in [0.2, 0.25) is 0 Å². The van der Waals surface area contributed by atoms with Crippen molar-refractivity contribution in [1.29, 1.82) is 0 Å². The maximum Gasteiger partial charge on any atom is 0.261 e. The lowest BCUT2D eigenvalue weighted by Gasteiger charge is -2.24.